The molecule has 76 valence electrons. The first-order valence-electron chi connectivity index (χ1n) is 5.61. The van der Waals surface area contributed by atoms with Crippen LogP contribution < -0.4 is 5.32 Å². The molecule has 0 aromatic rings. The van der Waals surface area contributed by atoms with Crippen LogP contribution in [0.25, 0.3) is 0 Å². The zero-order valence-electron chi connectivity index (χ0n) is 8.59. The quantitative estimate of drug-likeness (QED) is 0.700. The SMILES string of the molecule is COCCC(C1CCC1)C1CNC1. The highest BCUT2D eigenvalue weighted by Gasteiger charge is 2.35. The van der Waals surface area contributed by atoms with Crippen molar-refractivity contribution in [3.05, 3.63) is 0 Å². The van der Waals surface area contributed by atoms with Crippen LogP contribution in [-0.4, -0.2) is 26.8 Å². The van der Waals surface area contributed by atoms with Crippen LogP contribution >= 0.6 is 0 Å². The normalized spacial score (nSPS) is 26.5. The van der Waals surface area contributed by atoms with Crippen LogP contribution in [-0.2, 0) is 4.74 Å². The summed E-state index contributed by atoms with van der Waals surface area (Å²) in [7, 11) is 1.82. The summed E-state index contributed by atoms with van der Waals surface area (Å²) in [5.74, 6) is 2.94. The monoisotopic (exact) mass is 183 g/mol. The molecule has 2 aliphatic rings. The van der Waals surface area contributed by atoms with Gasteiger partial charge in [-0.1, -0.05) is 19.3 Å². The molecule has 1 unspecified atom stereocenters. The average molecular weight is 183 g/mol. The Kier molecular flexibility index (Phi) is 3.23. The molecule has 1 heterocycles. The van der Waals surface area contributed by atoms with Crippen molar-refractivity contribution in [3.8, 4) is 0 Å². The minimum absolute atomic E-state index is 0.954. The molecule has 0 amide bonds. The molecule has 2 fully saturated rings. The van der Waals surface area contributed by atoms with Crippen LogP contribution in [0.15, 0.2) is 0 Å². The molecule has 0 bridgehead atoms. The summed E-state index contributed by atoms with van der Waals surface area (Å²) in [6.07, 6.45) is 5.71. The van der Waals surface area contributed by atoms with Crippen molar-refractivity contribution >= 4 is 0 Å². The van der Waals surface area contributed by atoms with Gasteiger partial charge in [0.25, 0.3) is 0 Å². The Morgan fingerprint density at radius 3 is 2.46 bits per heavy atom. The molecule has 2 rings (SSSR count). The maximum atomic E-state index is 5.19. The molecular formula is C11H21NO. The Hall–Kier alpha value is -0.0800. The molecule has 1 aliphatic heterocycles. The van der Waals surface area contributed by atoms with E-state index in [1.54, 1.807) is 0 Å². The van der Waals surface area contributed by atoms with Crippen LogP contribution in [0.4, 0.5) is 0 Å². The van der Waals surface area contributed by atoms with E-state index in [1.165, 1.54) is 38.8 Å². The van der Waals surface area contributed by atoms with Crippen molar-refractivity contribution < 1.29 is 4.74 Å². The van der Waals surface area contributed by atoms with Crippen molar-refractivity contribution in [3.63, 3.8) is 0 Å². The number of ether oxygens (including phenoxy) is 1. The smallest absolute Gasteiger partial charge is 0.0465 e. The van der Waals surface area contributed by atoms with Gasteiger partial charge in [0.05, 0.1) is 0 Å². The fourth-order valence-electron chi connectivity index (χ4n) is 2.59. The van der Waals surface area contributed by atoms with E-state index in [2.05, 4.69) is 5.32 Å². The molecule has 1 N–H and O–H groups in total. The van der Waals surface area contributed by atoms with Crippen LogP contribution in [0.3, 0.4) is 0 Å². The van der Waals surface area contributed by atoms with Crippen molar-refractivity contribution in [1.29, 1.82) is 0 Å². The average Bonchev–Trinajstić information content (AvgIpc) is 1.93. The Bertz CT molecular complexity index is 138. The lowest BCUT2D eigenvalue weighted by molar-refractivity contribution is 0.0706. The van der Waals surface area contributed by atoms with E-state index < -0.39 is 0 Å². The molecule has 1 saturated carbocycles. The highest BCUT2D eigenvalue weighted by atomic mass is 16.5. The second kappa shape index (κ2) is 4.43. The van der Waals surface area contributed by atoms with Gasteiger partial charge < -0.3 is 10.1 Å². The molecule has 1 atom stereocenters. The van der Waals surface area contributed by atoms with Crippen LogP contribution in [0.1, 0.15) is 25.7 Å². The maximum absolute atomic E-state index is 5.19. The summed E-state index contributed by atoms with van der Waals surface area (Å²) in [6, 6.07) is 0. The maximum Gasteiger partial charge on any atom is 0.0465 e. The van der Waals surface area contributed by atoms with Crippen molar-refractivity contribution in [2.75, 3.05) is 26.8 Å². The summed E-state index contributed by atoms with van der Waals surface area (Å²) in [5.41, 5.74) is 0. The summed E-state index contributed by atoms with van der Waals surface area (Å²) in [6.45, 7) is 3.47. The Labute approximate surface area is 81.0 Å². The molecule has 0 radical (unpaired) electrons. The van der Waals surface area contributed by atoms with Crippen molar-refractivity contribution in [1.82, 2.24) is 5.32 Å². The second-order valence-electron chi connectivity index (χ2n) is 4.55. The first-order chi connectivity index (χ1) is 6.42. The fraction of sp³-hybridized carbons (Fsp3) is 1.00. The standard InChI is InChI=1S/C11H21NO/c1-13-6-5-11(9-3-2-4-9)10-7-12-8-10/h9-12H,2-8H2,1H3. The number of methoxy groups -OCH3 is 1. The van der Waals surface area contributed by atoms with Gasteiger partial charge in [-0.25, -0.2) is 0 Å². The number of rotatable bonds is 5. The molecule has 1 aliphatic carbocycles. The summed E-state index contributed by atoms with van der Waals surface area (Å²) in [5, 5.41) is 3.38. The Morgan fingerprint density at radius 2 is 2.08 bits per heavy atom. The summed E-state index contributed by atoms with van der Waals surface area (Å²) < 4.78 is 5.19. The third-order valence-electron chi connectivity index (χ3n) is 3.83. The third-order valence-corrected chi connectivity index (χ3v) is 3.83. The lowest BCUT2D eigenvalue weighted by Crippen LogP contribution is -2.49. The summed E-state index contributed by atoms with van der Waals surface area (Å²) >= 11 is 0. The molecule has 0 aromatic carbocycles. The zero-order chi connectivity index (χ0) is 9.10. The van der Waals surface area contributed by atoms with E-state index in [0.29, 0.717) is 0 Å². The minimum Gasteiger partial charge on any atom is -0.385 e. The topological polar surface area (TPSA) is 21.3 Å². The van der Waals surface area contributed by atoms with Gasteiger partial charge in [-0.2, -0.15) is 0 Å². The molecule has 1 saturated heterocycles. The second-order valence-corrected chi connectivity index (χ2v) is 4.55. The lowest BCUT2D eigenvalue weighted by atomic mass is 9.68. The van der Waals surface area contributed by atoms with Crippen LogP contribution in [0.2, 0.25) is 0 Å². The fourth-order valence-corrected chi connectivity index (χ4v) is 2.59. The molecule has 0 spiro atoms. The molecule has 0 aromatic heterocycles. The molecule has 13 heavy (non-hydrogen) atoms. The predicted molar refractivity (Wildman–Crippen MR) is 53.7 cm³/mol. The first kappa shape index (κ1) is 9.47. The lowest BCUT2D eigenvalue weighted by Gasteiger charge is -2.43. The Balaban J connectivity index is 1.78. The van der Waals surface area contributed by atoms with E-state index in [9.17, 15) is 0 Å². The van der Waals surface area contributed by atoms with E-state index in [0.717, 1.165) is 24.4 Å². The predicted octanol–water partition coefficient (Wildman–Crippen LogP) is 1.66. The van der Waals surface area contributed by atoms with Gasteiger partial charge in [0.15, 0.2) is 0 Å². The number of nitrogens with one attached hydrogen (secondary N) is 1. The highest BCUT2D eigenvalue weighted by molar-refractivity contribution is 4.88. The summed E-state index contributed by atoms with van der Waals surface area (Å²) in [4.78, 5) is 0. The van der Waals surface area contributed by atoms with Crippen LogP contribution in [0.5, 0.6) is 0 Å². The highest BCUT2D eigenvalue weighted by Crippen LogP contribution is 2.40. The van der Waals surface area contributed by atoms with Gasteiger partial charge in [-0.15, -0.1) is 0 Å². The van der Waals surface area contributed by atoms with Crippen molar-refractivity contribution in [2.45, 2.75) is 25.7 Å². The van der Waals surface area contributed by atoms with E-state index in [1.807, 2.05) is 7.11 Å². The Morgan fingerprint density at radius 1 is 1.31 bits per heavy atom. The van der Waals surface area contributed by atoms with Gasteiger partial charge in [0.2, 0.25) is 0 Å². The largest absolute Gasteiger partial charge is 0.385 e. The van der Waals surface area contributed by atoms with Gasteiger partial charge in [0, 0.05) is 13.7 Å². The third kappa shape index (κ3) is 2.05. The van der Waals surface area contributed by atoms with E-state index >= 15 is 0 Å². The number of hydrogen-bond donors (Lipinski definition) is 1. The van der Waals surface area contributed by atoms with Crippen molar-refractivity contribution in [2.24, 2.45) is 17.8 Å². The van der Waals surface area contributed by atoms with E-state index in [4.69, 9.17) is 4.74 Å². The van der Waals surface area contributed by atoms with E-state index in [-0.39, 0.29) is 0 Å². The van der Waals surface area contributed by atoms with Crippen LogP contribution in [0, 0.1) is 17.8 Å². The van der Waals surface area contributed by atoms with Gasteiger partial charge in [0.1, 0.15) is 0 Å². The number of hydrogen-bond acceptors (Lipinski definition) is 2. The molecular weight excluding hydrogens is 162 g/mol. The first-order valence-corrected chi connectivity index (χ1v) is 5.61. The zero-order valence-corrected chi connectivity index (χ0v) is 8.59. The molecule has 2 heteroatoms. The van der Waals surface area contributed by atoms with Gasteiger partial charge in [-0.05, 0) is 37.3 Å². The minimum atomic E-state index is 0.954. The molecule has 2 nitrogen and oxygen atoms in total. The van der Waals surface area contributed by atoms with Gasteiger partial charge in [-0.3, -0.25) is 0 Å². The van der Waals surface area contributed by atoms with Gasteiger partial charge >= 0.3 is 0 Å².